The van der Waals surface area contributed by atoms with Crippen LogP contribution in [0.5, 0.6) is 0 Å². The van der Waals surface area contributed by atoms with E-state index in [4.69, 9.17) is 9.26 Å². The van der Waals surface area contributed by atoms with Crippen molar-refractivity contribution in [1.82, 2.24) is 10.5 Å². The molecule has 0 aliphatic carbocycles. The average Bonchev–Trinajstić information content (AvgIpc) is 2.92. The number of non-ortho nitro benzene ring substituents is 1. The summed E-state index contributed by atoms with van der Waals surface area (Å²) in [5.74, 6) is 0.616. The molecule has 0 aliphatic rings. The lowest BCUT2D eigenvalue weighted by atomic mass is 10.1. The van der Waals surface area contributed by atoms with Crippen LogP contribution in [-0.2, 0) is 11.3 Å². The van der Waals surface area contributed by atoms with Crippen molar-refractivity contribution >= 4 is 5.69 Å². The number of methoxy groups -OCH3 is 1. The number of hydrogen-bond donors (Lipinski definition) is 1. The van der Waals surface area contributed by atoms with E-state index in [2.05, 4.69) is 10.5 Å². The summed E-state index contributed by atoms with van der Waals surface area (Å²) < 4.78 is 10.2. The molecular formula is C13H15N3O4. The fourth-order valence-corrected chi connectivity index (χ4v) is 1.76. The third kappa shape index (κ3) is 3.40. The number of benzene rings is 1. The highest BCUT2D eigenvalue weighted by atomic mass is 16.6. The number of ether oxygens (including phenoxy) is 1. The van der Waals surface area contributed by atoms with Gasteiger partial charge in [-0.3, -0.25) is 10.1 Å². The average molecular weight is 277 g/mol. The van der Waals surface area contributed by atoms with Crippen molar-refractivity contribution in [1.29, 1.82) is 0 Å². The summed E-state index contributed by atoms with van der Waals surface area (Å²) in [7, 11) is 1.64. The van der Waals surface area contributed by atoms with Gasteiger partial charge in [0, 0.05) is 43.5 Å². The first kappa shape index (κ1) is 14.2. The standard InChI is InChI=1S/C13H15N3O4/c1-19-7-6-14-8-11-9-15-20-13(11)10-2-4-12(5-3-10)16(17)18/h2-5,9,14H,6-8H2,1H3. The maximum Gasteiger partial charge on any atom is 0.269 e. The number of hydrogen-bond acceptors (Lipinski definition) is 6. The molecular weight excluding hydrogens is 262 g/mol. The van der Waals surface area contributed by atoms with Gasteiger partial charge in [0.05, 0.1) is 17.7 Å². The summed E-state index contributed by atoms with van der Waals surface area (Å²) in [6.07, 6.45) is 1.64. The Balaban J connectivity index is 2.08. The van der Waals surface area contributed by atoms with Gasteiger partial charge >= 0.3 is 0 Å². The van der Waals surface area contributed by atoms with Crippen LogP contribution in [0.3, 0.4) is 0 Å². The van der Waals surface area contributed by atoms with Gasteiger partial charge in [-0.1, -0.05) is 5.16 Å². The minimum Gasteiger partial charge on any atom is -0.383 e. The Morgan fingerprint density at radius 1 is 1.40 bits per heavy atom. The normalized spacial score (nSPS) is 10.7. The zero-order chi connectivity index (χ0) is 14.4. The van der Waals surface area contributed by atoms with Gasteiger partial charge in [0.25, 0.3) is 5.69 Å². The molecule has 0 fully saturated rings. The Morgan fingerprint density at radius 2 is 2.15 bits per heavy atom. The van der Waals surface area contributed by atoms with E-state index in [1.165, 1.54) is 12.1 Å². The molecule has 20 heavy (non-hydrogen) atoms. The lowest BCUT2D eigenvalue weighted by Gasteiger charge is -2.03. The lowest BCUT2D eigenvalue weighted by molar-refractivity contribution is -0.384. The second-order valence-corrected chi connectivity index (χ2v) is 4.15. The van der Waals surface area contributed by atoms with Gasteiger partial charge < -0.3 is 14.6 Å². The van der Waals surface area contributed by atoms with Crippen molar-refractivity contribution in [3.63, 3.8) is 0 Å². The largest absolute Gasteiger partial charge is 0.383 e. The van der Waals surface area contributed by atoms with Gasteiger partial charge in [-0.2, -0.15) is 0 Å². The van der Waals surface area contributed by atoms with Crippen molar-refractivity contribution in [2.24, 2.45) is 0 Å². The molecule has 0 unspecified atom stereocenters. The second kappa shape index (κ2) is 6.78. The van der Waals surface area contributed by atoms with Gasteiger partial charge in [-0.25, -0.2) is 0 Å². The highest BCUT2D eigenvalue weighted by molar-refractivity contribution is 5.62. The number of nitrogens with one attached hydrogen (secondary N) is 1. The molecule has 7 heteroatoms. The molecule has 1 N–H and O–H groups in total. The van der Waals surface area contributed by atoms with Gasteiger partial charge in [0.2, 0.25) is 0 Å². The highest BCUT2D eigenvalue weighted by Gasteiger charge is 2.12. The number of nitro groups is 1. The van der Waals surface area contributed by atoms with Gasteiger partial charge in [0.15, 0.2) is 5.76 Å². The molecule has 7 nitrogen and oxygen atoms in total. The fourth-order valence-electron chi connectivity index (χ4n) is 1.76. The predicted octanol–water partition coefficient (Wildman–Crippen LogP) is 1.99. The Morgan fingerprint density at radius 3 is 2.80 bits per heavy atom. The smallest absolute Gasteiger partial charge is 0.269 e. The monoisotopic (exact) mass is 277 g/mol. The van der Waals surface area contributed by atoms with Crippen LogP contribution in [-0.4, -0.2) is 30.3 Å². The summed E-state index contributed by atoms with van der Waals surface area (Å²) in [6.45, 7) is 1.94. The number of nitrogens with zero attached hydrogens (tertiary/aromatic N) is 2. The minimum atomic E-state index is -0.433. The van der Waals surface area contributed by atoms with E-state index in [1.54, 1.807) is 25.4 Å². The first-order valence-corrected chi connectivity index (χ1v) is 6.10. The second-order valence-electron chi connectivity index (χ2n) is 4.15. The zero-order valence-corrected chi connectivity index (χ0v) is 11.0. The quantitative estimate of drug-likeness (QED) is 0.473. The molecule has 0 amide bonds. The van der Waals surface area contributed by atoms with E-state index < -0.39 is 4.92 Å². The van der Waals surface area contributed by atoms with Crippen molar-refractivity contribution in [2.45, 2.75) is 6.54 Å². The molecule has 0 bridgehead atoms. The third-order valence-corrected chi connectivity index (χ3v) is 2.78. The molecule has 0 spiro atoms. The number of nitro benzene ring substituents is 1. The van der Waals surface area contributed by atoms with Crippen molar-refractivity contribution in [2.75, 3.05) is 20.3 Å². The van der Waals surface area contributed by atoms with Gasteiger partial charge in [0.1, 0.15) is 0 Å². The molecule has 1 aromatic carbocycles. The SMILES string of the molecule is COCCNCc1cnoc1-c1ccc([N+](=O)[O-])cc1. The molecule has 106 valence electrons. The van der Waals surface area contributed by atoms with E-state index in [-0.39, 0.29) is 5.69 Å². The fraction of sp³-hybridized carbons (Fsp3) is 0.308. The molecule has 2 aromatic rings. The summed E-state index contributed by atoms with van der Waals surface area (Å²) in [4.78, 5) is 10.2. The van der Waals surface area contributed by atoms with E-state index in [0.29, 0.717) is 18.9 Å². The van der Waals surface area contributed by atoms with Crippen LogP contribution < -0.4 is 5.32 Å². The number of rotatable bonds is 7. The molecule has 0 atom stereocenters. The molecule has 1 aromatic heterocycles. The Labute approximate surface area is 115 Å². The van der Waals surface area contributed by atoms with Crippen LogP contribution in [0.1, 0.15) is 5.56 Å². The minimum absolute atomic E-state index is 0.0491. The van der Waals surface area contributed by atoms with Crippen LogP contribution >= 0.6 is 0 Å². The van der Waals surface area contributed by atoms with Gasteiger partial charge in [-0.05, 0) is 12.1 Å². The summed E-state index contributed by atoms with van der Waals surface area (Å²) >= 11 is 0. The maximum atomic E-state index is 10.6. The van der Waals surface area contributed by atoms with E-state index in [9.17, 15) is 10.1 Å². The summed E-state index contributed by atoms with van der Waals surface area (Å²) in [5.41, 5.74) is 1.71. The molecule has 0 saturated carbocycles. The first-order valence-electron chi connectivity index (χ1n) is 6.10. The third-order valence-electron chi connectivity index (χ3n) is 2.78. The van der Waals surface area contributed by atoms with Crippen molar-refractivity contribution in [3.8, 4) is 11.3 Å². The summed E-state index contributed by atoms with van der Waals surface area (Å²) in [5, 5.41) is 17.6. The molecule has 2 rings (SSSR count). The molecule has 1 heterocycles. The van der Waals surface area contributed by atoms with Crippen molar-refractivity contribution < 1.29 is 14.2 Å². The Bertz CT molecular complexity index is 565. The first-order chi connectivity index (χ1) is 9.72. The van der Waals surface area contributed by atoms with Crippen LogP contribution in [0.25, 0.3) is 11.3 Å². The van der Waals surface area contributed by atoms with E-state index >= 15 is 0 Å². The van der Waals surface area contributed by atoms with Crippen LogP contribution in [0.4, 0.5) is 5.69 Å². The predicted molar refractivity (Wildman–Crippen MR) is 72.2 cm³/mol. The highest BCUT2D eigenvalue weighted by Crippen LogP contribution is 2.25. The topological polar surface area (TPSA) is 90.4 Å². The molecule has 0 saturated heterocycles. The van der Waals surface area contributed by atoms with E-state index in [0.717, 1.165) is 17.7 Å². The van der Waals surface area contributed by atoms with Gasteiger partial charge in [-0.15, -0.1) is 0 Å². The van der Waals surface area contributed by atoms with Crippen LogP contribution in [0.2, 0.25) is 0 Å². The number of aromatic nitrogens is 1. The molecule has 0 radical (unpaired) electrons. The zero-order valence-electron chi connectivity index (χ0n) is 11.0. The Kier molecular flexibility index (Phi) is 4.80. The molecule has 0 aliphatic heterocycles. The maximum absolute atomic E-state index is 10.6. The summed E-state index contributed by atoms with van der Waals surface area (Å²) in [6, 6.07) is 6.19. The van der Waals surface area contributed by atoms with E-state index in [1.807, 2.05) is 0 Å². The van der Waals surface area contributed by atoms with Crippen LogP contribution in [0, 0.1) is 10.1 Å². The van der Waals surface area contributed by atoms with Crippen LogP contribution in [0.15, 0.2) is 35.0 Å². The lowest BCUT2D eigenvalue weighted by Crippen LogP contribution is -2.18. The Hall–Kier alpha value is -2.25. The van der Waals surface area contributed by atoms with Crippen molar-refractivity contribution in [3.05, 3.63) is 46.1 Å².